The number of rotatable bonds is 7. The summed E-state index contributed by atoms with van der Waals surface area (Å²) in [4.78, 5) is 44.0. The first-order valence-electron chi connectivity index (χ1n) is 11.0. The number of benzene rings is 3. The summed E-state index contributed by atoms with van der Waals surface area (Å²) in [5.41, 5.74) is 2.27. The van der Waals surface area contributed by atoms with Crippen LogP contribution in [0.25, 0.3) is 11.3 Å². The number of hydrogen-bond acceptors (Lipinski definition) is 7. The molecule has 2 amide bonds. The molecule has 0 spiro atoms. The monoisotopic (exact) mass is 483 g/mol. The summed E-state index contributed by atoms with van der Waals surface area (Å²) >= 11 is 0. The van der Waals surface area contributed by atoms with E-state index < -0.39 is 17.8 Å². The molecular weight excluding hydrogens is 462 g/mol. The Kier molecular flexibility index (Phi) is 5.95. The zero-order valence-electron chi connectivity index (χ0n) is 19.5. The molecule has 0 atom stereocenters. The van der Waals surface area contributed by atoms with Crippen LogP contribution in [0.15, 0.2) is 79.0 Å². The molecule has 1 aromatic heterocycles. The second-order valence-corrected chi connectivity index (χ2v) is 7.97. The molecule has 2 heterocycles. The maximum Gasteiger partial charge on any atom is 0.367 e. The molecule has 0 saturated carbocycles. The van der Waals surface area contributed by atoms with Gasteiger partial charge in [-0.15, -0.1) is 0 Å². The molecule has 5 rings (SSSR count). The van der Waals surface area contributed by atoms with Crippen LogP contribution in [0, 0.1) is 0 Å². The zero-order chi connectivity index (χ0) is 25.2. The van der Waals surface area contributed by atoms with E-state index in [4.69, 9.17) is 14.3 Å². The lowest BCUT2D eigenvalue weighted by atomic mass is 10.1. The van der Waals surface area contributed by atoms with Gasteiger partial charge in [-0.3, -0.25) is 14.3 Å². The molecule has 0 saturated heterocycles. The smallest absolute Gasteiger partial charge is 0.367 e. The van der Waals surface area contributed by atoms with E-state index in [2.05, 4.69) is 5.10 Å². The number of imide groups is 1. The van der Waals surface area contributed by atoms with Crippen molar-refractivity contribution >= 4 is 17.8 Å². The molecule has 9 nitrogen and oxygen atoms in total. The van der Waals surface area contributed by atoms with E-state index in [1.54, 1.807) is 35.0 Å². The van der Waals surface area contributed by atoms with Crippen LogP contribution < -0.4 is 9.47 Å². The normalized spacial score (nSPS) is 12.4. The van der Waals surface area contributed by atoms with E-state index in [0.717, 1.165) is 5.56 Å². The number of aromatic nitrogens is 2. The van der Waals surface area contributed by atoms with Crippen LogP contribution in [0.5, 0.6) is 11.5 Å². The first-order chi connectivity index (χ1) is 17.5. The van der Waals surface area contributed by atoms with Gasteiger partial charge in [-0.2, -0.15) is 5.10 Å². The van der Waals surface area contributed by atoms with Gasteiger partial charge in [0, 0.05) is 11.8 Å². The van der Waals surface area contributed by atoms with Crippen LogP contribution in [-0.2, 0) is 11.4 Å². The highest BCUT2D eigenvalue weighted by Gasteiger charge is 2.39. The average Bonchev–Trinajstić information content (AvgIpc) is 3.44. The molecule has 0 unspecified atom stereocenters. The Balaban J connectivity index is 1.51. The number of carbonyl (C=O) groups excluding carboxylic acids is 3. The third-order valence-electron chi connectivity index (χ3n) is 5.76. The predicted octanol–water partition coefficient (Wildman–Crippen LogP) is 3.98. The third kappa shape index (κ3) is 4.07. The Morgan fingerprint density at radius 2 is 1.47 bits per heavy atom. The van der Waals surface area contributed by atoms with Gasteiger partial charge in [0.15, 0.2) is 11.5 Å². The molecule has 36 heavy (non-hydrogen) atoms. The highest BCUT2D eigenvalue weighted by atomic mass is 16.7. The number of hydroxylamine groups is 2. The molecule has 0 bridgehead atoms. The van der Waals surface area contributed by atoms with Crippen molar-refractivity contribution in [2.45, 2.75) is 6.54 Å². The van der Waals surface area contributed by atoms with Gasteiger partial charge in [-0.25, -0.2) is 4.79 Å². The van der Waals surface area contributed by atoms with E-state index in [1.807, 2.05) is 30.3 Å². The van der Waals surface area contributed by atoms with Crippen molar-refractivity contribution in [3.8, 4) is 22.8 Å². The molecule has 0 fully saturated rings. The fourth-order valence-electron chi connectivity index (χ4n) is 4.00. The van der Waals surface area contributed by atoms with Crippen LogP contribution in [-0.4, -0.2) is 46.8 Å². The number of nitrogens with zero attached hydrogens (tertiary/aromatic N) is 3. The Labute approximate surface area is 206 Å². The van der Waals surface area contributed by atoms with E-state index >= 15 is 0 Å². The van der Waals surface area contributed by atoms with Gasteiger partial charge in [0.05, 0.1) is 31.9 Å². The highest BCUT2D eigenvalue weighted by Crippen LogP contribution is 2.34. The maximum atomic E-state index is 13.3. The summed E-state index contributed by atoms with van der Waals surface area (Å²) in [5, 5.41) is 5.10. The number of hydrogen-bond donors (Lipinski definition) is 0. The summed E-state index contributed by atoms with van der Waals surface area (Å²) in [5.74, 6) is -1.33. The van der Waals surface area contributed by atoms with E-state index in [9.17, 15) is 14.4 Å². The largest absolute Gasteiger partial charge is 0.493 e. The second kappa shape index (κ2) is 9.38. The van der Waals surface area contributed by atoms with Crippen molar-refractivity contribution in [3.63, 3.8) is 0 Å². The highest BCUT2D eigenvalue weighted by molar-refractivity contribution is 6.21. The molecule has 4 aromatic rings. The Hall–Kier alpha value is -4.92. The van der Waals surface area contributed by atoms with Crippen molar-refractivity contribution in [2.24, 2.45) is 0 Å². The summed E-state index contributed by atoms with van der Waals surface area (Å²) in [7, 11) is 3.03. The number of amides is 2. The number of carbonyl (C=O) groups is 3. The van der Waals surface area contributed by atoms with Crippen LogP contribution in [0.2, 0.25) is 0 Å². The van der Waals surface area contributed by atoms with Gasteiger partial charge in [-0.05, 0) is 35.9 Å². The molecule has 0 radical (unpaired) electrons. The van der Waals surface area contributed by atoms with Gasteiger partial charge in [0.2, 0.25) is 0 Å². The molecule has 1 aliphatic heterocycles. The maximum absolute atomic E-state index is 13.3. The fraction of sp³-hybridized carbons (Fsp3) is 0.111. The summed E-state index contributed by atoms with van der Waals surface area (Å²) in [6.07, 6.45) is 1.53. The average molecular weight is 483 g/mol. The van der Waals surface area contributed by atoms with Crippen molar-refractivity contribution in [1.29, 1.82) is 0 Å². The van der Waals surface area contributed by atoms with E-state index in [-0.39, 0.29) is 16.7 Å². The first kappa shape index (κ1) is 22.9. The van der Waals surface area contributed by atoms with Crippen molar-refractivity contribution in [2.75, 3.05) is 14.2 Å². The summed E-state index contributed by atoms with van der Waals surface area (Å²) in [6.45, 7) is 0.390. The lowest BCUT2D eigenvalue weighted by Gasteiger charge is -2.13. The van der Waals surface area contributed by atoms with Gasteiger partial charge in [0.25, 0.3) is 11.8 Å². The number of methoxy groups -OCH3 is 2. The first-order valence-corrected chi connectivity index (χ1v) is 11.0. The van der Waals surface area contributed by atoms with Crippen LogP contribution >= 0.6 is 0 Å². The van der Waals surface area contributed by atoms with Gasteiger partial charge >= 0.3 is 5.97 Å². The van der Waals surface area contributed by atoms with Gasteiger partial charge in [-0.1, -0.05) is 47.5 Å². The Bertz CT molecular complexity index is 1440. The van der Waals surface area contributed by atoms with Crippen molar-refractivity contribution in [3.05, 3.63) is 101 Å². The van der Waals surface area contributed by atoms with E-state index in [1.165, 1.54) is 32.5 Å². The second-order valence-electron chi connectivity index (χ2n) is 7.97. The summed E-state index contributed by atoms with van der Waals surface area (Å²) in [6, 6.07) is 21.0. The van der Waals surface area contributed by atoms with Gasteiger partial charge in [0.1, 0.15) is 11.3 Å². The SMILES string of the molecule is COc1ccc(-c2nn(Cc3ccccc3)cc2C(=O)ON2C(=O)c3ccccc3C2=O)cc1OC. The number of fused-ring (bicyclic) bond motifs is 1. The topological polar surface area (TPSA) is 100.0 Å². The van der Waals surface area contributed by atoms with Crippen molar-refractivity contribution in [1.82, 2.24) is 14.8 Å². The van der Waals surface area contributed by atoms with Crippen LogP contribution in [0.4, 0.5) is 0 Å². The van der Waals surface area contributed by atoms with E-state index in [0.29, 0.717) is 34.4 Å². The molecule has 3 aromatic carbocycles. The third-order valence-corrected chi connectivity index (χ3v) is 5.76. The molecule has 9 heteroatoms. The van der Waals surface area contributed by atoms with Crippen molar-refractivity contribution < 1.29 is 28.7 Å². The van der Waals surface area contributed by atoms with Crippen LogP contribution in [0.1, 0.15) is 36.6 Å². The minimum atomic E-state index is -0.895. The molecule has 180 valence electrons. The molecule has 1 aliphatic rings. The summed E-state index contributed by atoms with van der Waals surface area (Å²) < 4.78 is 12.3. The Morgan fingerprint density at radius 3 is 2.11 bits per heavy atom. The molecular formula is C27H21N3O6. The quantitative estimate of drug-likeness (QED) is 0.367. The lowest BCUT2D eigenvalue weighted by Crippen LogP contribution is -2.32. The van der Waals surface area contributed by atoms with Gasteiger partial charge < -0.3 is 14.3 Å². The Morgan fingerprint density at radius 1 is 0.833 bits per heavy atom. The fourth-order valence-corrected chi connectivity index (χ4v) is 4.00. The zero-order valence-corrected chi connectivity index (χ0v) is 19.5. The molecule has 0 aliphatic carbocycles. The standard InChI is InChI=1S/C27H21N3O6/c1-34-22-13-12-18(14-23(22)35-2)24-21(16-29(28-24)15-17-8-4-3-5-9-17)27(33)36-30-25(31)19-10-6-7-11-20(19)26(30)32/h3-14,16H,15H2,1-2H3. The van der Waals surface area contributed by atoms with Crippen LogP contribution in [0.3, 0.4) is 0 Å². The minimum Gasteiger partial charge on any atom is -0.493 e. The number of ether oxygens (including phenoxy) is 2. The molecule has 0 N–H and O–H groups in total. The lowest BCUT2D eigenvalue weighted by molar-refractivity contribution is -0.0584. The minimum absolute atomic E-state index is 0.0784. The predicted molar refractivity (Wildman–Crippen MR) is 129 cm³/mol.